The number of hydrogen-bond donors (Lipinski definition) is 3. The van der Waals surface area contributed by atoms with Crippen LogP contribution in [0.5, 0.6) is 0 Å². The van der Waals surface area contributed by atoms with E-state index in [0.29, 0.717) is 30.2 Å². The molecular formula is C28H33ClN4O2. The van der Waals surface area contributed by atoms with Crippen LogP contribution in [0.15, 0.2) is 42.7 Å². The van der Waals surface area contributed by atoms with Crippen molar-refractivity contribution < 1.29 is 9.59 Å². The van der Waals surface area contributed by atoms with Crippen LogP contribution in [0.1, 0.15) is 55.6 Å². The van der Waals surface area contributed by atoms with E-state index in [1.165, 1.54) is 0 Å². The smallest absolute Gasteiger partial charge is 0.230 e. The highest BCUT2D eigenvalue weighted by molar-refractivity contribution is 6.31. The standard InChI is InChI=1S/C28H33ClN4O2/c29-23-3-1-2-20-21(23)4-5-22(20)26(34)32-15-24(30)25-17-10-16-11-18(25)14-28(12-16,13-17)27(35)33-19-6-8-31-9-7-19/h1-3,6-9,16-18,22,24-25H,4-5,10-15,30H2,(H,32,34)(H,31,33,35). The van der Waals surface area contributed by atoms with Crippen molar-refractivity contribution >= 4 is 29.1 Å². The summed E-state index contributed by atoms with van der Waals surface area (Å²) in [4.78, 5) is 30.5. The van der Waals surface area contributed by atoms with Gasteiger partial charge in [0.15, 0.2) is 0 Å². The average molecular weight is 493 g/mol. The summed E-state index contributed by atoms with van der Waals surface area (Å²) in [5, 5.41) is 7.07. The second-order valence-corrected chi connectivity index (χ2v) is 11.7. The van der Waals surface area contributed by atoms with Crippen molar-refractivity contribution in [1.29, 1.82) is 0 Å². The Morgan fingerprint density at radius 3 is 2.60 bits per heavy atom. The zero-order chi connectivity index (χ0) is 24.2. The summed E-state index contributed by atoms with van der Waals surface area (Å²) < 4.78 is 0. The van der Waals surface area contributed by atoms with Gasteiger partial charge in [-0.05, 0) is 97.9 Å². The molecular weight excluding hydrogens is 460 g/mol. The lowest BCUT2D eigenvalue weighted by Gasteiger charge is -2.60. The minimum Gasteiger partial charge on any atom is -0.354 e. The van der Waals surface area contributed by atoms with Gasteiger partial charge in [-0.15, -0.1) is 0 Å². The number of nitrogens with two attached hydrogens (primary N) is 1. The fourth-order valence-electron chi connectivity index (χ4n) is 8.10. The number of aromatic nitrogens is 1. The molecule has 4 N–H and O–H groups in total. The summed E-state index contributed by atoms with van der Waals surface area (Å²) in [7, 11) is 0. The van der Waals surface area contributed by atoms with Gasteiger partial charge in [0.1, 0.15) is 0 Å². The van der Waals surface area contributed by atoms with Gasteiger partial charge in [0.25, 0.3) is 0 Å². The largest absolute Gasteiger partial charge is 0.354 e. The Balaban J connectivity index is 1.10. The first kappa shape index (κ1) is 23.0. The molecule has 0 spiro atoms. The van der Waals surface area contributed by atoms with Crippen LogP contribution in [-0.4, -0.2) is 29.4 Å². The maximum absolute atomic E-state index is 13.4. The van der Waals surface area contributed by atoms with Gasteiger partial charge in [-0.3, -0.25) is 14.6 Å². The zero-order valence-electron chi connectivity index (χ0n) is 19.9. The lowest BCUT2D eigenvalue weighted by Crippen LogP contribution is -2.60. The van der Waals surface area contributed by atoms with Crippen molar-refractivity contribution in [2.45, 2.75) is 56.9 Å². The highest BCUT2D eigenvalue weighted by Gasteiger charge is 2.59. The molecule has 7 rings (SSSR count). The van der Waals surface area contributed by atoms with Crippen molar-refractivity contribution in [2.75, 3.05) is 11.9 Å². The molecule has 5 aliphatic carbocycles. The number of halogens is 1. The summed E-state index contributed by atoms with van der Waals surface area (Å²) in [5.74, 6) is 1.92. The molecule has 0 saturated heterocycles. The van der Waals surface area contributed by atoms with E-state index in [2.05, 4.69) is 15.6 Å². The number of carbonyl (C=O) groups is 2. The average Bonchev–Trinajstić information content (AvgIpc) is 3.28. The molecule has 4 bridgehead atoms. The molecule has 35 heavy (non-hydrogen) atoms. The molecule has 1 aromatic heterocycles. The molecule has 5 aliphatic rings. The predicted octanol–water partition coefficient (Wildman–Crippen LogP) is 4.29. The van der Waals surface area contributed by atoms with Gasteiger partial charge < -0.3 is 16.4 Å². The van der Waals surface area contributed by atoms with Gasteiger partial charge in [-0.1, -0.05) is 23.7 Å². The monoisotopic (exact) mass is 492 g/mol. The number of pyridine rings is 1. The van der Waals surface area contributed by atoms with Crippen molar-refractivity contribution in [3.8, 4) is 0 Å². The van der Waals surface area contributed by atoms with Crippen LogP contribution in [0.2, 0.25) is 5.02 Å². The molecule has 6 nitrogen and oxygen atoms in total. The first-order valence-corrected chi connectivity index (χ1v) is 13.3. The van der Waals surface area contributed by atoms with E-state index in [9.17, 15) is 9.59 Å². The normalized spacial score (nSPS) is 33.3. The molecule has 4 atom stereocenters. The quantitative estimate of drug-likeness (QED) is 0.560. The van der Waals surface area contributed by atoms with E-state index in [0.717, 1.165) is 66.8 Å². The topological polar surface area (TPSA) is 97.1 Å². The van der Waals surface area contributed by atoms with Gasteiger partial charge >= 0.3 is 0 Å². The molecule has 2 aromatic rings. The summed E-state index contributed by atoms with van der Waals surface area (Å²) in [6.45, 7) is 0.490. The lowest BCUT2D eigenvalue weighted by molar-refractivity contribution is -0.149. The number of hydrogen-bond acceptors (Lipinski definition) is 4. The van der Waals surface area contributed by atoms with E-state index in [4.69, 9.17) is 17.3 Å². The Morgan fingerprint density at radius 1 is 1.11 bits per heavy atom. The third-order valence-electron chi connectivity index (χ3n) is 9.30. The van der Waals surface area contributed by atoms with Crippen LogP contribution in [-0.2, 0) is 16.0 Å². The number of nitrogens with one attached hydrogen (secondary N) is 2. The number of nitrogens with zero attached hydrogens (tertiary/aromatic N) is 1. The Hall–Kier alpha value is -2.44. The number of fused-ring (bicyclic) bond motifs is 1. The van der Waals surface area contributed by atoms with Crippen molar-refractivity contribution in [3.05, 3.63) is 58.9 Å². The molecule has 4 fully saturated rings. The van der Waals surface area contributed by atoms with Gasteiger partial charge in [0, 0.05) is 35.7 Å². The predicted molar refractivity (Wildman–Crippen MR) is 136 cm³/mol. The van der Waals surface area contributed by atoms with E-state index in [-0.39, 0.29) is 29.2 Å². The van der Waals surface area contributed by atoms with E-state index >= 15 is 0 Å². The van der Waals surface area contributed by atoms with Crippen molar-refractivity contribution in [3.63, 3.8) is 0 Å². The van der Waals surface area contributed by atoms with Gasteiger partial charge in [-0.25, -0.2) is 0 Å². The molecule has 4 unspecified atom stereocenters. The molecule has 1 heterocycles. The molecule has 4 saturated carbocycles. The van der Waals surface area contributed by atoms with Crippen LogP contribution in [0.3, 0.4) is 0 Å². The molecule has 0 aliphatic heterocycles. The van der Waals surface area contributed by atoms with E-state index in [1.807, 2.05) is 30.3 Å². The first-order valence-electron chi connectivity index (χ1n) is 13.0. The molecule has 0 radical (unpaired) electrons. The Kier molecular flexibility index (Phi) is 5.84. The fraction of sp³-hybridized carbons (Fsp3) is 0.536. The van der Waals surface area contributed by atoms with Gasteiger partial charge in [0.2, 0.25) is 11.8 Å². The van der Waals surface area contributed by atoms with Crippen LogP contribution >= 0.6 is 11.6 Å². The minimum atomic E-state index is -0.286. The molecule has 7 heteroatoms. The van der Waals surface area contributed by atoms with Gasteiger partial charge in [0.05, 0.1) is 11.3 Å². The van der Waals surface area contributed by atoms with Crippen LogP contribution in [0.4, 0.5) is 5.69 Å². The summed E-state index contributed by atoms with van der Waals surface area (Å²) in [6, 6.07) is 9.44. The summed E-state index contributed by atoms with van der Waals surface area (Å²) in [6.07, 6.45) is 10.1. The van der Waals surface area contributed by atoms with Crippen LogP contribution in [0, 0.1) is 29.1 Å². The molecule has 184 valence electrons. The summed E-state index contributed by atoms with van der Waals surface area (Å²) in [5.41, 5.74) is 9.45. The third kappa shape index (κ3) is 4.05. The molecule has 1 aromatic carbocycles. The second-order valence-electron chi connectivity index (χ2n) is 11.3. The maximum Gasteiger partial charge on any atom is 0.230 e. The second kappa shape index (κ2) is 8.90. The number of rotatable bonds is 6. The SMILES string of the molecule is NC(CNC(=O)C1CCc2c(Cl)cccc21)C1C2CC3CC1CC(C(=O)Nc1ccncc1)(C3)C2. The molecule has 2 amide bonds. The number of benzene rings is 1. The van der Waals surface area contributed by atoms with E-state index < -0.39 is 0 Å². The van der Waals surface area contributed by atoms with E-state index in [1.54, 1.807) is 12.4 Å². The number of amides is 2. The highest BCUT2D eigenvalue weighted by Crippen LogP contribution is 2.63. The highest BCUT2D eigenvalue weighted by atomic mass is 35.5. The lowest BCUT2D eigenvalue weighted by atomic mass is 9.45. The summed E-state index contributed by atoms with van der Waals surface area (Å²) >= 11 is 6.33. The third-order valence-corrected chi connectivity index (χ3v) is 9.66. The fourth-order valence-corrected chi connectivity index (χ4v) is 8.38. The maximum atomic E-state index is 13.4. The minimum absolute atomic E-state index is 0.0541. The van der Waals surface area contributed by atoms with Gasteiger partial charge in [-0.2, -0.15) is 0 Å². The zero-order valence-corrected chi connectivity index (χ0v) is 20.6. The number of anilines is 1. The van der Waals surface area contributed by atoms with Crippen LogP contribution in [0.25, 0.3) is 0 Å². The Labute approximate surface area is 211 Å². The van der Waals surface area contributed by atoms with Crippen molar-refractivity contribution in [1.82, 2.24) is 10.3 Å². The Morgan fingerprint density at radius 2 is 1.86 bits per heavy atom. The Bertz CT molecular complexity index is 1120. The van der Waals surface area contributed by atoms with Crippen LogP contribution < -0.4 is 16.4 Å². The first-order chi connectivity index (χ1) is 16.9. The van der Waals surface area contributed by atoms with Crippen molar-refractivity contribution in [2.24, 2.45) is 34.8 Å². The number of carbonyl (C=O) groups excluding carboxylic acids is 2.